The van der Waals surface area contributed by atoms with Gasteiger partial charge in [0.1, 0.15) is 5.54 Å². The van der Waals surface area contributed by atoms with Crippen LogP contribution in [-0.4, -0.2) is 42.6 Å². The first-order valence-corrected chi connectivity index (χ1v) is 6.62. The number of methoxy groups -OCH3 is 1. The van der Waals surface area contributed by atoms with Gasteiger partial charge in [0.05, 0.1) is 7.11 Å². The van der Waals surface area contributed by atoms with Crippen LogP contribution in [-0.2, 0) is 9.53 Å². The van der Waals surface area contributed by atoms with E-state index in [2.05, 4.69) is 11.8 Å². The summed E-state index contributed by atoms with van der Waals surface area (Å²) in [5.74, 6) is -0.314. The second kappa shape index (κ2) is 6.36. The minimum Gasteiger partial charge on any atom is -0.468 e. The molecule has 17 heavy (non-hydrogen) atoms. The summed E-state index contributed by atoms with van der Waals surface area (Å²) >= 11 is 0. The van der Waals surface area contributed by atoms with Crippen molar-refractivity contribution in [1.82, 2.24) is 4.90 Å². The summed E-state index contributed by atoms with van der Waals surface area (Å²) in [7, 11) is 1.39. The van der Waals surface area contributed by atoms with Crippen LogP contribution in [0.5, 0.6) is 0 Å². The minimum absolute atomic E-state index is 0.314. The quantitative estimate of drug-likeness (QED) is 0.656. The number of nitrogens with two attached hydrogens (primary N) is 1. The predicted octanol–water partition coefficient (Wildman–Crippen LogP) is 1.53. The maximum atomic E-state index is 11.4. The fourth-order valence-corrected chi connectivity index (χ4v) is 2.19. The Morgan fingerprint density at radius 1 is 1.47 bits per heavy atom. The Labute approximate surface area is 104 Å². The molecule has 1 aliphatic carbocycles. The Kier molecular flexibility index (Phi) is 5.40. The number of rotatable bonds is 8. The molecule has 0 spiro atoms. The largest absolute Gasteiger partial charge is 0.468 e. The monoisotopic (exact) mass is 242 g/mol. The van der Waals surface area contributed by atoms with Gasteiger partial charge in [0.2, 0.25) is 0 Å². The summed E-state index contributed by atoms with van der Waals surface area (Å²) in [5.41, 5.74) is 5.09. The van der Waals surface area contributed by atoms with E-state index >= 15 is 0 Å². The van der Waals surface area contributed by atoms with Crippen molar-refractivity contribution in [2.45, 2.75) is 57.5 Å². The molecule has 1 rings (SSSR count). The van der Waals surface area contributed by atoms with Crippen molar-refractivity contribution in [1.29, 1.82) is 0 Å². The lowest BCUT2D eigenvalue weighted by atomic mass is 9.97. The number of nitrogens with zero attached hydrogens (tertiary/aromatic N) is 1. The summed E-state index contributed by atoms with van der Waals surface area (Å²) in [4.78, 5) is 13.9. The normalized spacial score (nSPS) is 19.1. The van der Waals surface area contributed by atoms with Crippen LogP contribution in [0, 0.1) is 0 Å². The summed E-state index contributed by atoms with van der Waals surface area (Å²) in [6.45, 7) is 6.16. The number of ether oxygens (including phenoxy) is 1. The zero-order chi connectivity index (χ0) is 12.9. The van der Waals surface area contributed by atoms with Crippen molar-refractivity contribution >= 4 is 5.97 Å². The Balaban J connectivity index is 2.27. The highest BCUT2D eigenvalue weighted by Gasteiger charge is 2.31. The number of hydrogen-bond acceptors (Lipinski definition) is 4. The van der Waals surface area contributed by atoms with E-state index < -0.39 is 5.54 Å². The molecule has 4 nitrogen and oxygen atoms in total. The van der Waals surface area contributed by atoms with Gasteiger partial charge >= 0.3 is 5.97 Å². The Hall–Kier alpha value is -0.610. The van der Waals surface area contributed by atoms with Gasteiger partial charge in [-0.25, -0.2) is 0 Å². The molecule has 0 saturated heterocycles. The molecule has 2 N–H and O–H groups in total. The van der Waals surface area contributed by atoms with Gasteiger partial charge in [-0.15, -0.1) is 0 Å². The molecule has 0 aliphatic heterocycles. The van der Waals surface area contributed by atoms with Gasteiger partial charge in [-0.3, -0.25) is 4.79 Å². The SMILES string of the molecule is CCCN(CCCC(C)(N)C(=O)OC)C1CC1. The topological polar surface area (TPSA) is 55.6 Å². The smallest absolute Gasteiger partial charge is 0.325 e. The first-order valence-electron chi connectivity index (χ1n) is 6.62. The third-order valence-corrected chi connectivity index (χ3v) is 3.37. The van der Waals surface area contributed by atoms with Crippen molar-refractivity contribution in [3.63, 3.8) is 0 Å². The lowest BCUT2D eigenvalue weighted by Crippen LogP contribution is -2.46. The molecular formula is C13H26N2O2. The van der Waals surface area contributed by atoms with Crippen molar-refractivity contribution in [2.75, 3.05) is 20.2 Å². The summed E-state index contributed by atoms with van der Waals surface area (Å²) in [5, 5.41) is 0. The van der Waals surface area contributed by atoms with E-state index in [1.54, 1.807) is 6.92 Å². The minimum atomic E-state index is -0.837. The van der Waals surface area contributed by atoms with E-state index in [1.807, 2.05) is 0 Å². The molecule has 0 amide bonds. The average molecular weight is 242 g/mol. The molecule has 0 aromatic rings. The second-order valence-corrected chi connectivity index (χ2v) is 5.28. The molecule has 0 bridgehead atoms. The van der Waals surface area contributed by atoms with Gasteiger partial charge in [0.25, 0.3) is 0 Å². The summed E-state index contributed by atoms with van der Waals surface area (Å²) in [6.07, 6.45) is 5.49. The zero-order valence-corrected chi connectivity index (χ0v) is 11.4. The molecule has 100 valence electrons. The van der Waals surface area contributed by atoms with Crippen LogP contribution in [0.1, 0.15) is 46.0 Å². The lowest BCUT2D eigenvalue weighted by Gasteiger charge is -2.25. The molecule has 0 aromatic heterocycles. The van der Waals surface area contributed by atoms with Crippen molar-refractivity contribution in [3.8, 4) is 0 Å². The van der Waals surface area contributed by atoms with Crippen LogP contribution in [0.15, 0.2) is 0 Å². The predicted molar refractivity (Wildman–Crippen MR) is 68.7 cm³/mol. The molecule has 1 saturated carbocycles. The molecule has 1 fully saturated rings. The third kappa shape index (κ3) is 4.64. The van der Waals surface area contributed by atoms with Gasteiger partial charge in [-0.05, 0) is 52.1 Å². The lowest BCUT2D eigenvalue weighted by molar-refractivity contribution is -0.146. The van der Waals surface area contributed by atoms with Crippen molar-refractivity contribution < 1.29 is 9.53 Å². The van der Waals surface area contributed by atoms with E-state index in [4.69, 9.17) is 10.5 Å². The van der Waals surface area contributed by atoms with Crippen LogP contribution in [0.4, 0.5) is 0 Å². The standard InChI is InChI=1S/C13H26N2O2/c1-4-9-15(11-6-7-11)10-5-8-13(2,14)12(16)17-3/h11H,4-10,14H2,1-3H3. The zero-order valence-electron chi connectivity index (χ0n) is 11.4. The van der Waals surface area contributed by atoms with Crippen LogP contribution in [0.25, 0.3) is 0 Å². The Morgan fingerprint density at radius 2 is 2.12 bits per heavy atom. The van der Waals surface area contributed by atoms with Gasteiger partial charge in [0.15, 0.2) is 0 Å². The highest BCUT2D eigenvalue weighted by molar-refractivity contribution is 5.79. The van der Waals surface area contributed by atoms with Crippen LogP contribution in [0.2, 0.25) is 0 Å². The average Bonchev–Trinajstić information content (AvgIpc) is 3.10. The molecule has 1 aliphatic rings. The third-order valence-electron chi connectivity index (χ3n) is 3.37. The summed E-state index contributed by atoms with van der Waals surface area (Å²) < 4.78 is 4.70. The number of esters is 1. The number of hydrogen-bond donors (Lipinski definition) is 1. The molecule has 0 heterocycles. The molecule has 1 atom stereocenters. The van der Waals surface area contributed by atoms with Crippen molar-refractivity contribution in [2.24, 2.45) is 5.73 Å². The number of carbonyl (C=O) groups is 1. The van der Waals surface area contributed by atoms with E-state index in [1.165, 1.54) is 26.4 Å². The summed E-state index contributed by atoms with van der Waals surface area (Å²) in [6, 6.07) is 0.789. The van der Waals surface area contributed by atoms with Gasteiger partial charge in [-0.2, -0.15) is 0 Å². The maximum absolute atomic E-state index is 11.4. The molecule has 1 unspecified atom stereocenters. The molecule has 4 heteroatoms. The highest BCUT2D eigenvalue weighted by atomic mass is 16.5. The molecular weight excluding hydrogens is 216 g/mol. The Morgan fingerprint density at radius 3 is 2.59 bits per heavy atom. The fraction of sp³-hybridized carbons (Fsp3) is 0.923. The van der Waals surface area contributed by atoms with E-state index in [-0.39, 0.29) is 5.97 Å². The van der Waals surface area contributed by atoms with Crippen LogP contribution < -0.4 is 5.73 Å². The van der Waals surface area contributed by atoms with Gasteiger partial charge in [0, 0.05) is 6.04 Å². The van der Waals surface area contributed by atoms with Gasteiger partial charge < -0.3 is 15.4 Å². The van der Waals surface area contributed by atoms with E-state index in [0.717, 1.165) is 25.6 Å². The second-order valence-electron chi connectivity index (χ2n) is 5.28. The van der Waals surface area contributed by atoms with Crippen molar-refractivity contribution in [3.05, 3.63) is 0 Å². The maximum Gasteiger partial charge on any atom is 0.325 e. The van der Waals surface area contributed by atoms with Gasteiger partial charge in [-0.1, -0.05) is 6.92 Å². The fourth-order valence-electron chi connectivity index (χ4n) is 2.19. The first-order chi connectivity index (χ1) is 8.01. The molecule has 0 radical (unpaired) electrons. The first kappa shape index (κ1) is 14.5. The Bertz CT molecular complexity index is 250. The number of carbonyl (C=O) groups excluding carboxylic acids is 1. The van der Waals surface area contributed by atoms with E-state index in [0.29, 0.717) is 6.42 Å². The van der Waals surface area contributed by atoms with Crippen LogP contribution in [0.3, 0.4) is 0 Å². The molecule has 0 aromatic carbocycles. The highest BCUT2D eigenvalue weighted by Crippen LogP contribution is 2.27. The van der Waals surface area contributed by atoms with E-state index in [9.17, 15) is 4.79 Å². The van der Waals surface area contributed by atoms with Crippen LogP contribution >= 0.6 is 0 Å².